The molecule has 0 radical (unpaired) electrons. The maximum atomic E-state index is 13.9. The third-order valence-corrected chi connectivity index (χ3v) is 6.75. The Morgan fingerprint density at radius 3 is 2.50 bits per heavy atom. The van der Waals surface area contributed by atoms with E-state index in [1.165, 1.54) is 0 Å². The molecule has 1 N–H and O–H groups in total. The molecule has 184 valence electrons. The summed E-state index contributed by atoms with van der Waals surface area (Å²) in [5.41, 5.74) is 2.06. The normalized spacial score (nSPS) is 17.1. The molecule has 4 aromatic rings. The molecular weight excluding hydrogens is 456 g/mol. The van der Waals surface area contributed by atoms with E-state index in [1.807, 2.05) is 71.3 Å². The van der Waals surface area contributed by atoms with Gasteiger partial charge in [0.05, 0.1) is 38.3 Å². The zero-order chi connectivity index (χ0) is 25.3. The van der Waals surface area contributed by atoms with E-state index in [0.29, 0.717) is 29.4 Å². The van der Waals surface area contributed by atoms with Crippen LogP contribution in [0.1, 0.15) is 28.7 Å². The van der Waals surface area contributed by atoms with Crippen LogP contribution in [0.4, 0.5) is 0 Å². The van der Waals surface area contributed by atoms with Gasteiger partial charge in [0, 0.05) is 12.1 Å². The van der Waals surface area contributed by atoms with Crippen LogP contribution in [-0.2, 0) is 24.4 Å². The van der Waals surface area contributed by atoms with Crippen molar-refractivity contribution >= 4 is 22.8 Å². The predicted octanol–water partition coefficient (Wildman–Crippen LogP) is 3.78. The smallest absolute Gasteiger partial charge is 0.291 e. The maximum Gasteiger partial charge on any atom is 0.291 e. The Labute approximate surface area is 209 Å². The number of amides is 2. The minimum atomic E-state index is -1.18. The largest absolute Gasteiger partial charge is 0.493 e. The molecular formula is C28H28N4O4. The van der Waals surface area contributed by atoms with Gasteiger partial charge >= 0.3 is 0 Å². The van der Waals surface area contributed by atoms with Gasteiger partial charge in [0.2, 0.25) is 5.91 Å². The molecule has 0 bridgehead atoms. The lowest BCUT2D eigenvalue weighted by atomic mass is 9.94. The van der Waals surface area contributed by atoms with Gasteiger partial charge < -0.3 is 24.3 Å². The molecule has 1 aliphatic heterocycles. The minimum absolute atomic E-state index is 0.150. The first-order valence-corrected chi connectivity index (χ1v) is 11.8. The first kappa shape index (κ1) is 23.4. The van der Waals surface area contributed by atoms with Crippen LogP contribution in [0.3, 0.4) is 0 Å². The number of benzene rings is 3. The molecule has 0 aliphatic carbocycles. The SMILES string of the molecule is COc1cccc(CN2C(=O)c3nc4ccccc4n3C[C@]2(C)C(=O)NCc2ccccc2)c1OC. The molecule has 2 amide bonds. The van der Waals surface area contributed by atoms with E-state index in [0.717, 1.165) is 16.6 Å². The van der Waals surface area contributed by atoms with E-state index < -0.39 is 5.54 Å². The number of methoxy groups -OCH3 is 2. The Bertz CT molecular complexity index is 1430. The lowest BCUT2D eigenvalue weighted by molar-refractivity contribution is -0.133. The van der Waals surface area contributed by atoms with Crippen LogP contribution in [0.25, 0.3) is 11.0 Å². The highest BCUT2D eigenvalue weighted by Crippen LogP contribution is 2.36. The Morgan fingerprint density at radius 1 is 1.00 bits per heavy atom. The number of nitrogens with one attached hydrogen (secondary N) is 1. The highest BCUT2D eigenvalue weighted by Gasteiger charge is 2.48. The molecule has 2 heterocycles. The van der Waals surface area contributed by atoms with Crippen molar-refractivity contribution in [1.29, 1.82) is 0 Å². The molecule has 5 rings (SSSR count). The van der Waals surface area contributed by atoms with Crippen molar-refractivity contribution < 1.29 is 19.1 Å². The summed E-state index contributed by atoms with van der Waals surface area (Å²) in [4.78, 5) is 33.9. The first-order valence-electron chi connectivity index (χ1n) is 11.8. The van der Waals surface area contributed by atoms with Crippen LogP contribution in [0.15, 0.2) is 72.8 Å². The van der Waals surface area contributed by atoms with Crippen molar-refractivity contribution in [1.82, 2.24) is 19.8 Å². The van der Waals surface area contributed by atoms with Gasteiger partial charge in [-0.05, 0) is 30.7 Å². The summed E-state index contributed by atoms with van der Waals surface area (Å²) in [5.74, 6) is 0.830. The van der Waals surface area contributed by atoms with Gasteiger partial charge in [-0.15, -0.1) is 0 Å². The average Bonchev–Trinajstić information content (AvgIpc) is 3.28. The number of aromatic nitrogens is 2. The molecule has 1 aliphatic rings. The van der Waals surface area contributed by atoms with E-state index in [1.54, 1.807) is 32.1 Å². The Morgan fingerprint density at radius 2 is 1.75 bits per heavy atom. The standard InChI is InChI=1S/C28H28N4O4/c1-28(27(34)29-16-19-10-5-4-6-11-19)18-31-22-14-8-7-13-21(22)30-25(31)26(33)32(28)17-20-12-9-15-23(35-2)24(20)36-3/h4-15H,16-18H2,1-3H3,(H,29,34)/t28-/m1/s1. The quantitative estimate of drug-likeness (QED) is 0.432. The minimum Gasteiger partial charge on any atom is -0.493 e. The van der Waals surface area contributed by atoms with Gasteiger partial charge in [0.25, 0.3) is 5.91 Å². The zero-order valence-electron chi connectivity index (χ0n) is 20.5. The number of ether oxygens (including phenoxy) is 2. The summed E-state index contributed by atoms with van der Waals surface area (Å²) in [6.07, 6.45) is 0. The van der Waals surface area contributed by atoms with Crippen LogP contribution in [0, 0.1) is 0 Å². The van der Waals surface area contributed by atoms with E-state index >= 15 is 0 Å². The summed E-state index contributed by atoms with van der Waals surface area (Å²) in [7, 11) is 3.13. The number of hydrogen-bond donors (Lipinski definition) is 1. The fraction of sp³-hybridized carbons (Fsp3) is 0.250. The molecule has 36 heavy (non-hydrogen) atoms. The fourth-order valence-corrected chi connectivity index (χ4v) is 4.79. The van der Waals surface area contributed by atoms with Crippen molar-refractivity contribution in [3.05, 3.63) is 89.7 Å². The lowest BCUT2D eigenvalue weighted by Gasteiger charge is -2.43. The monoisotopic (exact) mass is 484 g/mol. The number of fused-ring (bicyclic) bond motifs is 3. The molecule has 0 saturated heterocycles. The van der Waals surface area contributed by atoms with E-state index in [-0.39, 0.29) is 24.9 Å². The number of imidazole rings is 1. The van der Waals surface area contributed by atoms with Gasteiger partial charge in [-0.2, -0.15) is 0 Å². The molecule has 1 aromatic heterocycles. The lowest BCUT2D eigenvalue weighted by Crippen LogP contribution is -2.63. The summed E-state index contributed by atoms with van der Waals surface area (Å²) in [6.45, 7) is 2.58. The topological polar surface area (TPSA) is 85.7 Å². The highest BCUT2D eigenvalue weighted by atomic mass is 16.5. The number of nitrogens with zero attached hydrogens (tertiary/aromatic N) is 3. The Balaban J connectivity index is 1.56. The fourth-order valence-electron chi connectivity index (χ4n) is 4.79. The van der Waals surface area contributed by atoms with Gasteiger partial charge in [0.1, 0.15) is 5.54 Å². The van der Waals surface area contributed by atoms with E-state index in [2.05, 4.69) is 10.3 Å². The third-order valence-electron chi connectivity index (χ3n) is 6.75. The molecule has 0 saturated carbocycles. The first-order chi connectivity index (χ1) is 17.5. The molecule has 8 heteroatoms. The van der Waals surface area contributed by atoms with Gasteiger partial charge in [-0.1, -0.05) is 54.6 Å². The third kappa shape index (κ3) is 3.94. The van der Waals surface area contributed by atoms with Crippen molar-refractivity contribution in [2.75, 3.05) is 14.2 Å². The number of hydrogen-bond acceptors (Lipinski definition) is 5. The van der Waals surface area contributed by atoms with Crippen molar-refractivity contribution in [2.45, 2.75) is 32.1 Å². The highest BCUT2D eigenvalue weighted by molar-refractivity contribution is 6.01. The van der Waals surface area contributed by atoms with Crippen LogP contribution < -0.4 is 14.8 Å². The van der Waals surface area contributed by atoms with E-state index in [9.17, 15) is 9.59 Å². The van der Waals surface area contributed by atoms with E-state index in [4.69, 9.17) is 9.47 Å². The summed E-state index contributed by atoms with van der Waals surface area (Å²) >= 11 is 0. The van der Waals surface area contributed by atoms with Crippen LogP contribution in [0.5, 0.6) is 11.5 Å². The van der Waals surface area contributed by atoms with Crippen molar-refractivity contribution in [2.24, 2.45) is 0 Å². The number of carbonyl (C=O) groups excluding carboxylic acids is 2. The summed E-state index contributed by atoms with van der Waals surface area (Å²) in [6, 6.07) is 22.8. The van der Waals surface area contributed by atoms with Crippen molar-refractivity contribution in [3.8, 4) is 11.5 Å². The number of rotatable bonds is 7. The number of para-hydroxylation sites is 3. The molecule has 8 nitrogen and oxygen atoms in total. The van der Waals surface area contributed by atoms with Gasteiger partial charge in [0.15, 0.2) is 17.3 Å². The Hall–Kier alpha value is -4.33. The second kappa shape index (κ2) is 9.37. The molecule has 0 spiro atoms. The Kier molecular flexibility index (Phi) is 6.10. The van der Waals surface area contributed by atoms with Gasteiger partial charge in [-0.25, -0.2) is 4.98 Å². The molecule has 0 unspecified atom stereocenters. The van der Waals surface area contributed by atoms with Crippen LogP contribution in [0.2, 0.25) is 0 Å². The molecule has 0 fully saturated rings. The average molecular weight is 485 g/mol. The van der Waals surface area contributed by atoms with Crippen molar-refractivity contribution in [3.63, 3.8) is 0 Å². The van der Waals surface area contributed by atoms with Gasteiger partial charge in [-0.3, -0.25) is 9.59 Å². The molecule has 3 aromatic carbocycles. The number of carbonyl (C=O) groups is 2. The van der Waals surface area contributed by atoms with Crippen LogP contribution in [-0.4, -0.2) is 46.0 Å². The summed E-state index contributed by atoms with van der Waals surface area (Å²) in [5, 5.41) is 3.05. The molecule has 1 atom stereocenters. The maximum absolute atomic E-state index is 13.9. The predicted molar refractivity (Wildman–Crippen MR) is 136 cm³/mol. The van der Waals surface area contributed by atoms with Crippen LogP contribution >= 0.6 is 0 Å². The second-order valence-electron chi connectivity index (χ2n) is 9.00. The summed E-state index contributed by atoms with van der Waals surface area (Å²) < 4.78 is 12.9. The zero-order valence-corrected chi connectivity index (χ0v) is 20.5. The second-order valence-corrected chi connectivity index (χ2v) is 9.00.